The molecule has 0 radical (unpaired) electrons. The molecule has 3 heteroatoms. The summed E-state index contributed by atoms with van der Waals surface area (Å²) in [4.78, 5) is 9.87. The standard InChI is InChI=1S/C12H16O3/c1-14-12-7-5-11(6-8-12)4-2-3-9-15-10-13/h5-8,10H,2-4,9H2,1H3. The molecule has 0 unspecified atom stereocenters. The molecule has 0 fully saturated rings. The van der Waals surface area contributed by atoms with E-state index in [2.05, 4.69) is 16.9 Å². The van der Waals surface area contributed by atoms with Crippen molar-refractivity contribution in [3.63, 3.8) is 0 Å². The lowest BCUT2D eigenvalue weighted by atomic mass is 10.1. The van der Waals surface area contributed by atoms with Crippen LogP contribution >= 0.6 is 0 Å². The molecule has 0 N–H and O–H groups in total. The fourth-order valence-electron chi connectivity index (χ4n) is 1.35. The molecule has 0 heterocycles. The van der Waals surface area contributed by atoms with Gasteiger partial charge in [0.15, 0.2) is 0 Å². The van der Waals surface area contributed by atoms with Gasteiger partial charge in [-0.15, -0.1) is 0 Å². The van der Waals surface area contributed by atoms with Crippen molar-refractivity contribution in [1.82, 2.24) is 0 Å². The Labute approximate surface area is 90.0 Å². The number of carbonyl (C=O) groups is 1. The fourth-order valence-corrected chi connectivity index (χ4v) is 1.35. The Hall–Kier alpha value is -1.51. The van der Waals surface area contributed by atoms with Crippen molar-refractivity contribution in [2.24, 2.45) is 0 Å². The van der Waals surface area contributed by atoms with Crippen molar-refractivity contribution in [2.75, 3.05) is 13.7 Å². The molecule has 0 aromatic heterocycles. The van der Waals surface area contributed by atoms with Crippen molar-refractivity contribution in [3.8, 4) is 5.75 Å². The summed E-state index contributed by atoms with van der Waals surface area (Å²) in [5, 5.41) is 0. The number of hydrogen-bond acceptors (Lipinski definition) is 3. The van der Waals surface area contributed by atoms with Crippen molar-refractivity contribution in [1.29, 1.82) is 0 Å². The second-order valence-electron chi connectivity index (χ2n) is 3.27. The minimum atomic E-state index is 0.493. The van der Waals surface area contributed by atoms with Gasteiger partial charge in [-0.3, -0.25) is 4.79 Å². The van der Waals surface area contributed by atoms with Crippen LogP contribution in [0, 0.1) is 0 Å². The van der Waals surface area contributed by atoms with Gasteiger partial charge in [0.25, 0.3) is 6.47 Å². The van der Waals surface area contributed by atoms with E-state index in [0.717, 1.165) is 25.0 Å². The molecule has 0 aliphatic heterocycles. The van der Waals surface area contributed by atoms with Crippen LogP contribution in [0.1, 0.15) is 18.4 Å². The lowest BCUT2D eigenvalue weighted by molar-refractivity contribution is -0.128. The first-order chi connectivity index (χ1) is 7.36. The highest BCUT2D eigenvalue weighted by Gasteiger charge is 1.95. The third-order valence-electron chi connectivity index (χ3n) is 2.20. The number of hydrogen-bond donors (Lipinski definition) is 0. The Kier molecular flexibility index (Phi) is 5.30. The van der Waals surface area contributed by atoms with Crippen LogP contribution in [0.5, 0.6) is 5.75 Å². The topological polar surface area (TPSA) is 35.5 Å². The first kappa shape index (κ1) is 11.6. The van der Waals surface area contributed by atoms with E-state index in [4.69, 9.17) is 4.74 Å². The van der Waals surface area contributed by atoms with Gasteiger partial charge in [0, 0.05) is 0 Å². The van der Waals surface area contributed by atoms with E-state index in [-0.39, 0.29) is 0 Å². The van der Waals surface area contributed by atoms with Crippen LogP contribution in [-0.4, -0.2) is 20.2 Å². The first-order valence-corrected chi connectivity index (χ1v) is 5.05. The van der Waals surface area contributed by atoms with Crippen LogP contribution < -0.4 is 4.74 Å². The molecule has 15 heavy (non-hydrogen) atoms. The van der Waals surface area contributed by atoms with Gasteiger partial charge < -0.3 is 9.47 Å². The van der Waals surface area contributed by atoms with Crippen molar-refractivity contribution in [2.45, 2.75) is 19.3 Å². The Morgan fingerprint density at radius 3 is 2.53 bits per heavy atom. The lowest BCUT2D eigenvalue weighted by Gasteiger charge is -2.03. The predicted molar refractivity (Wildman–Crippen MR) is 57.9 cm³/mol. The Balaban J connectivity index is 2.22. The van der Waals surface area contributed by atoms with Gasteiger partial charge in [0.2, 0.25) is 0 Å². The molecule has 0 spiro atoms. The van der Waals surface area contributed by atoms with Gasteiger partial charge in [0.05, 0.1) is 13.7 Å². The van der Waals surface area contributed by atoms with E-state index in [1.807, 2.05) is 12.1 Å². The summed E-state index contributed by atoms with van der Waals surface area (Å²) in [5.41, 5.74) is 1.28. The van der Waals surface area contributed by atoms with E-state index in [0.29, 0.717) is 13.1 Å². The summed E-state index contributed by atoms with van der Waals surface area (Å²) in [6, 6.07) is 8.02. The Morgan fingerprint density at radius 1 is 1.20 bits per heavy atom. The van der Waals surface area contributed by atoms with Gasteiger partial charge >= 0.3 is 0 Å². The van der Waals surface area contributed by atoms with Gasteiger partial charge in [0.1, 0.15) is 5.75 Å². The van der Waals surface area contributed by atoms with E-state index in [1.165, 1.54) is 5.56 Å². The first-order valence-electron chi connectivity index (χ1n) is 5.05. The molecule has 1 aromatic rings. The van der Waals surface area contributed by atoms with E-state index < -0.39 is 0 Å². The van der Waals surface area contributed by atoms with E-state index >= 15 is 0 Å². The molecule has 0 bridgehead atoms. The second-order valence-corrected chi connectivity index (χ2v) is 3.27. The highest BCUT2D eigenvalue weighted by Crippen LogP contribution is 2.12. The minimum absolute atomic E-state index is 0.493. The smallest absolute Gasteiger partial charge is 0.293 e. The molecule has 0 aliphatic rings. The van der Waals surface area contributed by atoms with E-state index in [1.54, 1.807) is 7.11 Å². The molecule has 0 atom stereocenters. The number of unbranched alkanes of at least 4 members (excludes halogenated alkanes) is 1. The third kappa shape index (κ3) is 4.49. The van der Waals surface area contributed by atoms with Crippen molar-refractivity contribution in [3.05, 3.63) is 29.8 Å². The summed E-state index contributed by atoms with van der Waals surface area (Å²) in [6.07, 6.45) is 2.94. The average Bonchev–Trinajstić information content (AvgIpc) is 2.30. The molecular weight excluding hydrogens is 192 g/mol. The average molecular weight is 208 g/mol. The largest absolute Gasteiger partial charge is 0.497 e. The summed E-state index contributed by atoms with van der Waals surface area (Å²) in [7, 11) is 1.66. The minimum Gasteiger partial charge on any atom is -0.497 e. The van der Waals surface area contributed by atoms with Crippen LogP contribution in [0.25, 0.3) is 0 Å². The monoisotopic (exact) mass is 208 g/mol. The molecule has 0 saturated carbocycles. The van der Waals surface area contributed by atoms with Crippen molar-refractivity contribution < 1.29 is 14.3 Å². The molecule has 3 nitrogen and oxygen atoms in total. The van der Waals surface area contributed by atoms with Crippen LogP contribution in [0.2, 0.25) is 0 Å². The number of benzene rings is 1. The molecule has 0 saturated heterocycles. The lowest BCUT2D eigenvalue weighted by Crippen LogP contribution is -1.93. The predicted octanol–water partition coefficient (Wildman–Crippen LogP) is 2.19. The van der Waals surface area contributed by atoms with E-state index in [9.17, 15) is 4.79 Å². The van der Waals surface area contributed by atoms with Crippen LogP contribution in [0.15, 0.2) is 24.3 Å². The summed E-state index contributed by atoms with van der Waals surface area (Å²) in [5.74, 6) is 0.878. The van der Waals surface area contributed by atoms with Gasteiger partial charge in [-0.25, -0.2) is 0 Å². The van der Waals surface area contributed by atoms with Crippen molar-refractivity contribution >= 4 is 6.47 Å². The maximum Gasteiger partial charge on any atom is 0.293 e. The molecule has 82 valence electrons. The summed E-state index contributed by atoms with van der Waals surface area (Å²) < 4.78 is 9.68. The molecule has 0 amide bonds. The SMILES string of the molecule is COc1ccc(CCCCOC=O)cc1. The van der Waals surface area contributed by atoms with Gasteiger partial charge in [-0.1, -0.05) is 12.1 Å². The highest BCUT2D eigenvalue weighted by molar-refractivity contribution is 5.36. The fraction of sp³-hybridized carbons (Fsp3) is 0.417. The zero-order valence-electron chi connectivity index (χ0n) is 8.94. The Bertz CT molecular complexity index is 279. The third-order valence-corrected chi connectivity index (χ3v) is 2.20. The summed E-state index contributed by atoms with van der Waals surface area (Å²) >= 11 is 0. The summed E-state index contributed by atoms with van der Waals surface area (Å²) in [6.45, 7) is 1.01. The van der Waals surface area contributed by atoms with Crippen LogP contribution in [0.3, 0.4) is 0 Å². The quantitative estimate of drug-likeness (QED) is 0.509. The number of carbonyl (C=O) groups excluding carboxylic acids is 1. The van der Waals surface area contributed by atoms with Gasteiger partial charge in [-0.2, -0.15) is 0 Å². The zero-order chi connectivity index (χ0) is 10.9. The number of rotatable bonds is 7. The van der Waals surface area contributed by atoms with Gasteiger partial charge in [-0.05, 0) is 37.0 Å². The highest BCUT2D eigenvalue weighted by atomic mass is 16.5. The number of ether oxygens (including phenoxy) is 2. The maximum atomic E-state index is 9.87. The molecular formula is C12H16O3. The zero-order valence-corrected chi connectivity index (χ0v) is 8.94. The number of aryl methyl sites for hydroxylation is 1. The molecule has 1 aromatic carbocycles. The number of methoxy groups -OCH3 is 1. The van der Waals surface area contributed by atoms with Crippen LogP contribution in [0.4, 0.5) is 0 Å². The molecule has 0 aliphatic carbocycles. The van der Waals surface area contributed by atoms with Crippen LogP contribution in [-0.2, 0) is 16.0 Å². The maximum absolute atomic E-state index is 9.87. The normalized spacial score (nSPS) is 9.67. The Morgan fingerprint density at radius 2 is 1.93 bits per heavy atom. The second kappa shape index (κ2) is 6.87. The molecule has 1 rings (SSSR count).